The van der Waals surface area contributed by atoms with Crippen LogP contribution in [0.15, 0.2) is 24.4 Å². The number of aromatic amines is 1. The van der Waals surface area contributed by atoms with Gasteiger partial charge in [0.15, 0.2) is 0 Å². The number of aromatic nitrogens is 1. The first-order valence-electron chi connectivity index (χ1n) is 6.82. The molecule has 1 fully saturated rings. The van der Waals surface area contributed by atoms with Crippen molar-refractivity contribution in [1.82, 2.24) is 4.98 Å². The van der Waals surface area contributed by atoms with Gasteiger partial charge in [0.2, 0.25) is 0 Å². The number of fused-ring (bicyclic) bond motifs is 1. The van der Waals surface area contributed by atoms with Gasteiger partial charge in [0.25, 0.3) is 0 Å². The Hall–Kier alpha value is -0.950. The van der Waals surface area contributed by atoms with E-state index in [1.54, 1.807) is 0 Å². The molecule has 2 heteroatoms. The lowest BCUT2D eigenvalue weighted by atomic mass is 9.71. The van der Waals surface area contributed by atoms with Gasteiger partial charge in [0.1, 0.15) is 0 Å². The van der Waals surface area contributed by atoms with Crippen LogP contribution in [0.2, 0.25) is 5.02 Å². The third kappa shape index (κ3) is 2.16. The van der Waals surface area contributed by atoms with Crippen molar-refractivity contribution in [3.8, 4) is 0 Å². The highest BCUT2D eigenvalue weighted by Crippen LogP contribution is 2.44. The summed E-state index contributed by atoms with van der Waals surface area (Å²) < 4.78 is 0. The number of rotatable bonds is 1. The molecule has 1 heterocycles. The van der Waals surface area contributed by atoms with Crippen LogP contribution in [-0.4, -0.2) is 4.98 Å². The van der Waals surface area contributed by atoms with E-state index in [9.17, 15) is 0 Å². The average Bonchev–Trinajstić information content (AvgIpc) is 2.72. The largest absolute Gasteiger partial charge is 0.361 e. The Kier molecular flexibility index (Phi) is 2.90. The van der Waals surface area contributed by atoms with Crippen LogP contribution in [0.4, 0.5) is 0 Å². The maximum absolute atomic E-state index is 6.03. The van der Waals surface area contributed by atoms with E-state index >= 15 is 0 Å². The second-order valence-corrected chi connectivity index (χ2v) is 6.81. The SMILES string of the molecule is CC1(C)CCC(c2c[nH]c3cc(Cl)ccc23)CC1. The quantitative estimate of drug-likeness (QED) is 0.697. The zero-order chi connectivity index (χ0) is 12.8. The van der Waals surface area contributed by atoms with Gasteiger partial charge >= 0.3 is 0 Å². The molecular formula is C16H20ClN. The number of halogens is 1. The van der Waals surface area contributed by atoms with Crippen LogP contribution >= 0.6 is 11.6 Å². The second kappa shape index (κ2) is 4.31. The molecular weight excluding hydrogens is 242 g/mol. The number of benzene rings is 1. The lowest BCUT2D eigenvalue weighted by Gasteiger charge is -2.34. The van der Waals surface area contributed by atoms with Crippen LogP contribution in [0, 0.1) is 5.41 Å². The predicted octanol–water partition coefficient (Wildman–Crippen LogP) is 5.51. The fourth-order valence-electron chi connectivity index (χ4n) is 3.17. The van der Waals surface area contributed by atoms with Crippen molar-refractivity contribution in [3.63, 3.8) is 0 Å². The average molecular weight is 262 g/mol. The molecule has 1 aromatic heterocycles. The van der Waals surface area contributed by atoms with Gasteiger partial charge in [0.05, 0.1) is 0 Å². The Morgan fingerprint density at radius 1 is 1.22 bits per heavy atom. The van der Waals surface area contributed by atoms with Crippen molar-refractivity contribution in [2.24, 2.45) is 5.41 Å². The topological polar surface area (TPSA) is 15.8 Å². The molecule has 0 radical (unpaired) electrons. The number of hydrogen-bond acceptors (Lipinski definition) is 0. The second-order valence-electron chi connectivity index (χ2n) is 6.37. The maximum Gasteiger partial charge on any atom is 0.0471 e. The van der Waals surface area contributed by atoms with Gasteiger partial charge in [-0.05, 0) is 54.7 Å². The minimum atomic E-state index is 0.534. The minimum Gasteiger partial charge on any atom is -0.361 e. The van der Waals surface area contributed by atoms with Crippen molar-refractivity contribution in [3.05, 3.63) is 35.0 Å². The van der Waals surface area contributed by atoms with Crippen molar-refractivity contribution in [2.75, 3.05) is 0 Å². The van der Waals surface area contributed by atoms with E-state index in [-0.39, 0.29) is 0 Å². The number of nitrogens with one attached hydrogen (secondary N) is 1. The number of H-pyrrole nitrogens is 1. The molecule has 0 spiro atoms. The third-order valence-corrected chi connectivity index (χ3v) is 4.69. The van der Waals surface area contributed by atoms with Gasteiger partial charge in [-0.25, -0.2) is 0 Å². The molecule has 3 rings (SSSR count). The maximum atomic E-state index is 6.03. The van der Waals surface area contributed by atoms with Crippen molar-refractivity contribution in [1.29, 1.82) is 0 Å². The molecule has 0 saturated heterocycles. The molecule has 0 amide bonds. The van der Waals surface area contributed by atoms with Crippen molar-refractivity contribution in [2.45, 2.75) is 45.4 Å². The van der Waals surface area contributed by atoms with E-state index in [0.717, 1.165) is 5.02 Å². The van der Waals surface area contributed by atoms with Gasteiger partial charge in [0, 0.05) is 22.1 Å². The van der Waals surface area contributed by atoms with E-state index in [1.165, 1.54) is 42.1 Å². The molecule has 0 bridgehead atoms. The third-order valence-electron chi connectivity index (χ3n) is 4.45. The van der Waals surface area contributed by atoms with Crippen molar-refractivity contribution < 1.29 is 0 Å². The molecule has 1 saturated carbocycles. The molecule has 18 heavy (non-hydrogen) atoms. The van der Waals surface area contributed by atoms with Crippen molar-refractivity contribution >= 4 is 22.5 Å². The molecule has 1 N–H and O–H groups in total. The first-order valence-corrected chi connectivity index (χ1v) is 7.19. The van der Waals surface area contributed by atoms with Gasteiger partial charge < -0.3 is 4.98 Å². The molecule has 1 aliphatic carbocycles. The molecule has 1 aliphatic rings. The molecule has 1 aromatic carbocycles. The Bertz CT molecular complexity index is 557. The Balaban J connectivity index is 1.91. The Labute approximate surface area is 114 Å². The van der Waals surface area contributed by atoms with Crippen LogP contribution in [-0.2, 0) is 0 Å². The Morgan fingerprint density at radius 3 is 2.67 bits per heavy atom. The minimum absolute atomic E-state index is 0.534. The van der Waals surface area contributed by atoms with Crippen LogP contribution in [0.1, 0.15) is 51.0 Å². The molecule has 96 valence electrons. The zero-order valence-electron chi connectivity index (χ0n) is 11.1. The van der Waals surface area contributed by atoms with Crippen LogP contribution in [0.3, 0.4) is 0 Å². The van der Waals surface area contributed by atoms with E-state index < -0.39 is 0 Å². The van der Waals surface area contributed by atoms with E-state index in [4.69, 9.17) is 11.6 Å². The summed E-state index contributed by atoms with van der Waals surface area (Å²) in [4.78, 5) is 3.36. The lowest BCUT2D eigenvalue weighted by molar-refractivity contribution is 0.225. The van der Waals surface area contributed by atoms with Crippen LogP contribution in [0.25, 0.3) is 10.9 Å². The first kappa shape index (κ1) is 12.1. The summed E-state index contributed by atoms with van der Waals surface area (Å²) in [5, 5.41) is 2.16. The molecule has 1 nitrogen and oxygen atoms in total. The summed E-state index contributed by atoms with van der Waals surface area (Å²) in [6.45, 7) is 4.77. The molecule has 0 aliphatic heterocycles. The highest BCUT2D eigenvalue weighted by Gasteiger charge is 2.28. The zero-order valence-corrected chi connectivity index (χ0v) is 11.8. The van der Waals surface area contributed by atoms with Crippen LogP contribution in [0.5, 0.6) is 0 Å². The molecule has 2 aromatic rings. The fraction of sp³-hybridized carbons (Fsp3) is 0.500. The van der Waals surface area contributed by atoms with E-state index in [1.807, 2.05) is 12.1 Å². The Morgan fingerprint density at radius 2 is 1.94 bits per heavy atom. The predicted molar refractivity (Wildman–Crippen MR) is 78.3 cm³/mol. The normalized spacial score (nSPS) is 20.4. The number of hydrogen-bond donors (Lipinski definition) is 1. The first-order chi connectivity index (χ1) is 8.55. The summed E-state index contributed by atoms with van der Waals surface area (Å²) in [6.07, 6.45) is 7.46. The standard InChI is InChI=1S/C16H20ClN/c1-16(2)7-5-11(6-8-16)14-10-18-15-9-12(17)3-4-13(14)15/h3-4,9-11,18H,5-8H2,1-2H3. The summed E-state index contributed by atoms with van der Waals surface area (Å²) in [5.74, 6) is 0.716. The highest BCUT2D eigenvalue weighted by atomic mass is 35.5. The summed E-state index contributed by atoms with van der Waals surface area (Å²) in [5.41, 5.74) is 3.19. The van der Waals surface area contributed by atoms with Gasteiger partial charge in [-0.15, -0.1) is 0 Å². The summed E-state index contributed by atoms with van der Waals surface area (Å²) in [7, 11) is 0. The van der Waals surface area contributed by atoms with Gasteiger partial charge in [-0.2, -0.15) is 0 Å². The van der Waals surface area contributed by atoms with E-state index in [0.29, 0.717) is 11.3 Å². The van der Waals surface area contributed by atoms with E-state index in [2.05, 4.69) is 31.1 Å². The lowest BCUT2D eigenvalue weighted by Crippen LogP contribution is -2.20. The fourth-order valence-corrected chi connectivity index (χ4v) is 3.34. The monoisotopic (exact) mass is 261 g/mol. The van der Waals surface area contributed by atoms with Crippen LogP contribution < -0.4 is 0 Å². The smallest absolute Gasteiger partial charge is 0.0471 e. The van der Waals surface area contributed by atoms with Gasteiger partial charge in [-0.1, -0.05) is 31.5 Å². The summed E-state index contributed by atoms with van der Waals surface area (Å²) >= 11 is 6.03. The molecule has 0 atom stereocenters. The van der Waals surface area contributed by atoms with Gasteiger partial charge in [-0.3, -0.25) is 0 Å². The highest BCUT2D eigenvalue weighted by molar-refractivity contribution is 6.31. The molecule has 0 unspecified atom stereocenters. The summed E-state index contributed by atoms with van der Waals surface area (Å²) in [6, 6.07) is 6.17.